The minimum absolute atomic E-state index is 0.168. The number of halogens is 2. The summed E-state index contributed by atoms with van der Waals surface area (Å²) < 4.78 is 1.90. The Morgan fingerprint density at radius 2 is 2.07 bits per heavy atom. The summed E-state index contributed by atoms with van der Waals surface area (Å²) in [5.74, 6) is -0.168. The zero-order valence-corrected chi connectivity index (χ0v) is 16.6. The summed E-state index contributed by atoms with van der Waals surface area (Å²) in [6, 6.07) is 9.21. The molecule has 0 aliphatic carbocycles. The van der Waals surface area contributed by atoms with Gasteiger partial charge in [-0.1, -0.05) is 23.2 Å². The van der Waals surface area contributed by atoms with Crippen LogP contribution in [0.1, 0.15) is 11.3 Å². The van der Waals surface area contributed by atoms with E-state index in [2.05, 4.69) is 15.3 Å². The van der Waals surface area contributed by atoms with Gasteiger partial charge in [0, 0.05) is 28.4 Å². The number of thiazole rings is 1. The van der Waals surface area contributed by atoms with Gasteiger partial charge in [0.1, 0.15) is 5.65 Å². The average molecular weight is 417 g/mol. The number of amides is 1. The normalized spacial score (nSPS) is 11.1. The molecule has 8 heteroatoms. The van der Waals surface area contributed by atoms with Crippen molar-refractivity contribution in [3.8, 4) is 11.3 Å². The molecular weight excluding hydrogens is 403 g/mol. The lowest BCUT2D eigenvalue weighted by atomic mass is 10.2. The molecule has 136 valence electrons. The first kappa shape index (κ1) is 18.0. The van der Waals surface area contributed by atoms with Crippen LogP contribution in [0.2, 0.25) is 10.0 Å². The van der Waals surface area contributed by atoms with Gasteiger partial charge in [-0.3, -0.25) is 4.79 Å². The molecule has 0 aliphatic heterocycles. The molecule has 1 aromatic carbocycles. The Balaban J connectivity index is 1.47. The van der Waals surface area contributed by atoms with Crippen molar-refractivity contribution in [2.75, 3.05) is 5.32 Å². The van der Waals surface area contributed by atoms with Gasteiger partial charge in [-0.05, 0) is 42.8 Å². The van der Waals surface area contributed by atoms with Gasteiger partial charge in [-0.25, -0.2) is 9.97 Å². The summed E-state index contributed by atoms with van der Waals surface area (Å²) >= 11 is 13.5. The monoisotopic (exact) mass is 416 g/mol. The number of hydrogen-bond donors (Lipinski definition) is 1. The smallest absolute Gasteiger partial charge is 0.232 e. The maximum absolute atomic E-state index is 12.3. The second-order valence-corrected chi connectivity index (χ2v) is 7.79. The number of aryl methyl sites for hydroxylation is 1. The van der Waals surface area contributed by atoms with Crippen LogP contribution in [0.15, 0.2) is 48.1 Å². The van der Waals surface area contributed by atoms with Crippen LogP contribution in [0, 0.1) is 6.92 Å². The number of rotatable bonds is 4. The first-order valence-electron chi connectivity index (χ1n) is 8.13. The van der Waals surface area contributed by atoms with Gasteiger partial charge in [0.15, 0.2) is 5.13 Å². The predicted octanol–water partition coefficient (Wildman–Crippen LogP) is 5.25. The number of imidazole rings is 1. The number of aromatic nitrogens is 3. The van der Waals surface area contributed by atoms with Crippen LogP contribution in [0.4, 0.5) is 5.13 Å². The highest BCUT2D eigenvalue weighted by molar-refractivity contribution is 7.14. The number of anilines is 1. The zero-order chi connectivity index (χ0) is 19.0. The van der Waals surface area contributed by atoms with Gasteiger partial charge in [0.2, 0.25) is 5.91 Å². The minimum Gasteiger partial charge on any atom is -0.307 e. The molecule has 1 amide bonds. The van der Waals surface area contributed by atoms with Crippen LogP contribution in [0.25, 0.3) is 16.9 Å². The predicted molar refractivity (Wildman–Crippen MR) is 110 cm³/mol. The van der Waals surface area contributed by atoms with Crippen LogP contribution in [0.5, 0.6) is 0 Å². The van der Waals surface area contributed by atoms with Crippen molar-refractivity contribution in [2.24, 2.45) is 0 Å². The molecule has 0 aliphatic rings. The average Bonchev–Trinajstić information content (AvgIpc) is 3.20. The van der Waals surface area contributed by atoms with E-state index in [0.29, 0.717) is 26.6 Å². The third-order valence-corrected chi connectivity index (χ3v) is 5.27. The highest BCUT2D eigenvalue weighted by atomic mass is 35.5. The molecule has 27 heavy (non-hydrogen) atoms. The van der Waals surface area contributed by atoms with Gasteiger partial charge in [-0.2, -0.15) is 0 Å². The van der Waals surface area contributed by atoms with Crippen molar-refractivity contribution in [3.63, 3.8) is 0 Å². The lowest BCUT2D eigenvalue weighted by Crippen LogP contribution is -2.14. The van der Waals surface area contributed by atoms with Gasteiger partial charge >= 0.3 is 0 Å². The van der Waals surface area contributed by atoms with Crippen molar-refractivity contribution in [1.29, 1.82) is 0 Å². The minimum atomic E-state index is -0.168. The number of nitrogens with one attached hydrogen (secondary N) is 1. The fourth-order valence-electron chi connectivity index (χ4n) is 2.70. The van der Waals surface area contributed by atoms with E-state index in [-0.39, 0.29) is 12.3 Å². The second-order valence-electron chi connectivity index (χ2n) is 6.09. The molecule has 0 bridgehead atoms. The largest absolute Gasteiger partial charge is 0.307 e. The van der Waals surface area contributed by atoms with Crippen LogP contribution < -0.4 is 5.32 Å². The Morgan fingerprint density at radius 1 is 1.22 bits per heavy atom. The second kappa shape index (κ2) is 7.31. The van der Waals surface area contributed by atoms with Crippen LogP contribution in [0.3, 0.4) is 0 Å². The SMILES string of the molecule is Cc1ccn2cc(CC(=O)Nc3nc(-c4ccc(Cl)cc4Cl)cs3)nc2c1. The zero-order valence-electron chi connectivity index (χ0n) is 14.2. The number of fused-ring (bicyclic) bond motifs is 1. The summed E-state index contributed by atoms with van der Waals surface area (Å²) in [6.07, 6.45) is 3.97. The quantitative estimate of drug-likeness (QED) is 0.493. The van der Waals surface area contributed by atoms with E-state index in [9.17, 15) is 4.79 Å². The molecule has 5 nitrogen and oxygen atoms in total. The first-order chi connectivity index (χ1) is 13.0. The molecule has 4 aromatic rings. The summed E-state index contributed by atoms with van der Waals surface area (Å²) in [5, 5.41) is 6.26. The van der Waals surface area contributed by atoms with Crippen molar-refractivity contribution in [1.82, 2.24) is 14.4 Å². The molecule has 0 saturated carbocycles. The van der Waals surface area contributed by atoms with Gasteiger partial charge < -0.3 is 9.72 Å². The first-order valence-corrected chi connectivity index (χ1v) is 9.76. The third kappa shape index (κ3) is 3.98. The van der Waals surface area contributed by atoms with Gasteiger partial charge in [0.25, 0.3) is 0 Å². The highest BCUT2D eigenvalue weighted by Gasteiger charge is 2.12. The Kier molecular flexibility index (Phi) is 4.86. The number of carbonyl (C=O) groups excluding carboxylic acids is 1. The lowest BCUT2D eigenvalue weighted by molar-refractivity contribution is -0.115. The molecule has 0 atom stereocenters. The van der Waals surface area contributed by atoms with Gasteiger partial charge in [0.05, 0.1) is 22.8 Å². The number of benzene rings is 1. The molecule has 0 radical (unpaired) electrons. The fourth-order valence-corrected chi connectivity index (χ4v) is 3.93. The standard InChI is InChI=1S/C19H14Cl2N4OS/c1-11-4-5-25-9-13(22-17(25)6-11)8-18(26)24-19-23-16(10-27-19)14-3-2-12(20)7-15(14)21/h2-7,9-10H,8H2,1H3,(H,23,24,26). The molecule has 0 spiro atoms. The molecular formula is C19H14Cl2N4OS. The fraction of sp³-hybridized carbons (Fsp3) is 0.105. The Labute approximate surface area is 169 Å². The van der Waals surface area contributed by atoms with Crippen LogP contribution in [-0.2, 0) is 11.2 Å². The highest BCUT2D eigenvalue weighted by Crippen LogP contribution is 2.32. The Hall–Kier alpha value is -2.41. The summed E-state index contributed by atoms with van der Waals surface area (Å²) in [7, 11) is 0. The van der Waals surface area contributed by atoms with E-state index < -0.39 is 0 Å². The van der Waals surface area contributed by atoms with Crippen molar-refractivity contribution >= 4 is 51.2 Å². The number of carbonyl (C=O) groups is 1. The van der Waals surface area contributed by atoms with Crippen LogP contribution in [-0.4, -0.2) is 20.3 Å². The number of nitrogens with zero attached hydrogens (tertiary/aromatic N) is 3. The summed E-state index contributed by atoms with van der Waals surface area (Å²) in [6.45, 7) is 2.01. The molecule has 0 unspecified atom stereocenters. The van der Waals surface area contributed by atoms with E-state index in [4.69, 9.17) is 23.2 Å². The van der Waals surface area contributed by atoms with E-state index >= 15 is 0 Å². The molecule has 1 N–H and O–H groups in total. The van der Waals surface area contributed by atoms with E-state index in [0.717, 1.165) is 16.8 Å². The van der Waals surface area contributed by atoms with Gasteiger partial charge in [-0.15, -0.1) is 11.3 Å². The van der Waals surface area contributed by atoms with E-state index in [1.54, 1.807) is 12.1 Å². The van der Waals surface area contributed by atoms with E-state index in [1.807, 2.05) is 47.3 Å². The molecule has 3 heterocycles. The molecule has 0 fully saturated rings. The molecule has 4 rings (SSSR count). The van der Waals surface area contributed by atoms with Crippen molar-refractivity contribution in [2.45, 2.75) is 13.3 Å². The van der Waals surface area contributed by atoms with E-state index in [1.165, 1.54) is 11.3 Å². The number of hydrogen-bond acceptors (Lipinski definition) is 4. The molecule has 3 aromatic heterocycles. The molecule has 0 saturated heterocycles. The maximum Gasteiger partial charge on any atom is 0.232 e. The maximum atomic E-state index is 12.3. The van der Waals surface area contributed by atoms with Crippen LogP contribution >= 0.6 is 34.5 Å². The lowest BCUT2D eigenvalue weighted by Gasteiger charge is -2.01. The topological polar surface area (TPSA) is 59.3 Å². The van der Waals surface area contributed by atoms with Crippen molar-refractivity contribution in [3.05, 3.63) is 69.4 Å². The summed E-state index contributed by atoms with van der Waals surface area (Å²) in [5.41, 5.74) is 4.12. The number of pyridine rings is 1. The van der Waals surface area contributed by atoms with Crippen molar-refractivity contribution < 1.29 is 4.79 Å². The summed E-state index contributed by atoms with van der Waals surface area (Å²) in [4.78, 5) is 21.3. The Morgan fingerprint density at radius 3 is 2.89 bits per heavy atom. The Bertz CT molecular complexity index is 1150. The third-order valence-electron chi connectivity index (χ3n) is 3.96.